The number of pyridine rings is 1. The molecule has 1 atom stereocenters. The number of carboxylic acid groups (broad SMARTS) is 1. The number of hydrogen-bond acceptors (Lipinski definition) is 10. The second-order valence-corrected chi connectivity index (χ2v) is 10.2. The molecule has 1 aromatic carbocycles. The minimum absolute atomic E-state index is 0.112. The lowest BCUT2D eigenvalue weighted by atomic mass is 9.85. The molecule has 11 nitrogen and oxygen atoms in total. The molecule has 1 fully saturated rings. The smallest absolute Gasteiger partial charge is 0.313 e. The van der Waals surface area contributed by atoms with Crippen molar-refractivity contribution in [3.63, 3.8) is 0 Å². The first-order valence-electron chi connectivity index (χ1n) is 13.2. The number of rotatable bonds is 9. The van der Waals surface area contributed by atoms with Crippen LogP contribution in [0.5, 0.6) is 11.6 Å². The first kappa shape index (κ1) is 26.9. The van der Waals surface area contributed by atoms with Gasteiger partial charge in [0.25, 0.3) is 5.88 Å². The third-order valence-corrected chi connectivity index (χ3v) is 6.88. The number of anilines is 3. The van der Waals surface area contributed by atoms with E-state index in [1.165, 1.54) is 0 Å². The van der Waals surface area contributed by atoms with Gasteiger partial charge in [-0.3, -0.25) is 9.78 Å². The van der Waals surface area contributed by atoms with Gasteiger partial charge in [0, 0.05) is 25.2 Å². The zero-order chi connectivity index (χ0) is 28.1. The number of allylic oxidation sites excluding steroid dienone is 1. The van der Waals surface area contributed by atoms with E-state index in [0.717, 1.165) is 25.8 Å². The van der Waals surface area contributed by atoms with Gasteiger partial charge in [-0.05, 0) is 56.9 Å². The zero-order valence-corrected chi connectivity index (χ0v) is 22.4. The molecule has 0 spiro atoms. The predicted molar refractivity (Wildman–Crippen MR) is 150 cm³/mol. The highest BCUT2D eigenvalue weighted by Gasteiger charge is 2.29. The Balaban J connectivity index is 1.23. The van der Waals surface area contributed by atoms with E-state index in [2.05, 4.69) is 25.2 Å². The van der Waals surface area contributed by atoms with Crippen LogP contribution in [0.25, 0.3) is 0 Å². The van der Waals surface area contributed by atoms with E-state index in [4.69, 9.17) is 14.5 Å². The zero-order valence-electron chi connectivity index (χ0n) is 22.4. The SMILES string of the molecule is CC(C)(C(=O)O)c1ccc(Oc2cccc(Nc3cncc(N4CCCC(OC5=C(O)CCC=N5)C4)n3)n2)cc1. The van der Waals surface area contributed by atoms with Crippen molar-refractivity contribution < 1.29 is 24.5 Å². The topological polar surface area (TPSA) is 142 Å². The second kappa shape index (κ2) is 11.6. The van der Waals surface area contributed by atoms with Crippen molar-refractivity contribution in [2.45, 2.75) is 51.0 Å². The van der Waals surface area contributed by atoms with Crippen LogP contribution >= 0.6 is 0 Å². The molecule has 3 N–H and O–H groups in total. The highest BCUT2D eigenvalue weighted by Crippen LogP contribution is 2.28. The van der Waals surface area contributed by atoms with E-state index in [9.17, 15) is 15.0 Å². The fourth-order valence-corrected chi connectivity index (χ4v) is 4.45. The van der Waals surface area contributed by atoms with Crippen LogP contribution in [0.1, 0.15) is 45.1 Å². The van der Waals surface area contributed by atoms with Crippen molar-refractivity contribution in [2.75, 3.05) is 23.3 Å². The summed E-state index contributed by atoms with van der Waals surface area (Å²) in [6.07, 6.45) is 8.04. The molecule has 1 saturated heterocycles. The maximum Gasteiger partial charge on any atom is 0.313 e. The highest BCUT2D eigenvalue weighted by atomic mass is 16.5. The number of nitrogens with one attached hydrogen (secondary N) is 1. The second-order valence-electron chi connectivity index (χ2n) is 10.2. The Morgan fingerprint density at radius 1 is 1.10 bits per heavy atom. The summed E-state index contributed by atoms with van der Waals surface area (Å²) in [4.78, 5) is 31.4. The highest BCUT2D eigenvalue weighted by molar-refractivity contribution is 5.80. The Morgan fingerprint density at radius 2 is 1.93 bits per heavy atom. The van der Waals surface area contributed by atoms with E-state index >= 15 is 0 Å². The fraction of sp³-hybridized carbons (Fsp3) is 0.345. The van der Waals surface area contributed by atoms with Gasteiger partial charge in [-0.15, -0.1) is 0 Å². The Morgan fingerprint density at radius 3 is 2.70 bits per heavy atom. The third-order valence-electron chi connectivity index (χ3n) is 6.88. The Kier molecular flexibility index (Phi) is 7.81. The monoisotopic (exact) mass is 544 g/mol. The van der Waals surface area contributed by atoms with Crippen molar-refractivity contribution in [1.82, 2.24) is 15.0 Å². The molecule has 11 heteroatoms. The molecule has 2 aliphatic heterocycles. The van der Waals surface area contributed by atoms with Crippen LogP contribution in [0.15, 0.2) is 71.5 Å². The van der Waals surface area contributed by atoms with E-state index in [0.29, 0.717) is 53.5 Å². The van der Waals surface area contributed by atoms with Gasteiger partial charge in [-0.25, -0.2) is 9.98 Å². The molecule has 2 aromatic heterocycles. The summed E-state index contributed by atoms with van der Waals surface area (Å²) in [6.45, 7) is 4.74. The number of aliphatic hydroxyl groups is 1. The molecule has 40 heavy (non-hydrogen) atoms. The number of aromatic nitrogens is 3. The largest absolute Gasteiger partial charge is 0.507 e. The summed E-state index contributed by atoms with van der Waals surface area (Å²) in [5, 5.41) is 22.7. The molecule has 5 rings (SSSR count). The van der Waals surface area contributed by atoms with Gasteiger partial charge in [0.15, 0.2) is 11.6 Å². The molecular weight excluding hydrogens is 512 g/mol. The number of ether oxygens (including phenoxy) is 2. The average Bonchev–Trinajstić information content (AvgIpc) is 2.95. The van der Waals surface area contributed by atoms with Gasteiger partial charge in [0.05, 0.1) is 24.4 Å². The molecule has 208 valence electrons. The molecule has 3 aromatic rings. The van der Waals surface area contributed by atoms with Crippen LogP contribution < -0.4 is 15.0 Å². The van der Waals surface area contributed by atoms with Gasteiger partial charge in [0.1, 0.15) is 23.5 Å². The maximum atomic E-state index is 11.5. The summed E-state index contributed by atoms with van der Waals surface area (Å²) >= 11 is 0. The molecule has 0 radical (unpaired) electrons. The van der Waals surface area contributed by atoms with Gasteiger partial charge in [0.2, 0.25) is 5.88 Å². The number of aliphatic imine (C=N–C) groups is 1. The third kappa shape index (κ3) is 6.31. The lowest BCUT2D eigenvalue weighted by molar-refractivity contribution is -0.142. The van der Waals surface area contributed by atoms with Gasteiger partial charge < -0.3 is 29.9 Å². The van der Waals surface area contributed by atoms with E-state index in [-0.39, 0.29) is 11.9 Å². The van der Waals surface area contributed by atoms with Gasteiger partial charge in [-0.2, -0.15) is 4.98 Å². The number of piperidine rings is 1. The first-order chi connectivity index (χ1) is 19.3. The number of aliphatic carboxylic acids is 1. The summed E-state index contributed by atoms with van der Waals surface area (Å²) in [7, 11) is 0. The fourth-order valence-electron chi connectivity index (χ4n) is 4.45. The van der Waals surface area contributed by atoms with Crippen LogP contribution in [-0.2, 0) is 14.9 Å². The van der Waals surface area contributed by atoms with Gasteiger partial charge >= 0.3 is 5.97 Å². The van der Waals surface area contributed by atoms with Gasteiger partial charge in [-0.1, -0.05) is 18.2 Å². The Hall–Kier alpha value is -4.67. The summed E-state index contributed by atoms with van der Waals surface area (Å²) in [5.41, 5.74) is -0.318. The van der Waals surface area contributed by atoms with Crippen LogP contribution in [0.2, 0.25) is 0 Å². The van der Waals surface area contributed by atoms with Crippen molar-refractivity contribution in [3.8, 4) is 11.6 Å². The lowest BCUT2D eigenvalue weighted by Crippen LogP contribution is -2.40. The van der Waals surface area contributed by atoms with Crippen LogP contribution in [0, 0.1) is 0 Å². The van der Waals surface area contributed by atoms with Crippen molar-refractivity contribution in [2.24, 2.45) is 4.99 Å². The Labute approximate surface area is 232 Å². The number of carbonyl (C=O) groups is 1. The quantitative estimate of drug-likeness (QED) is 0.323. The predicted octanol–water partition coefficient (Wildman–Crippen LogP) is 5.35. The van der Waals surface area contributed by atoms with Crippen LogP contribution in [0.4, 0.5) is 17.5 Å². The molecular formula is C29H32N6O5. The van der Waals surface area contributed by atoms with E-state index in [1.54, 1.807) is 68.9 Å². The van der Waals surface area contributed by atoms with E-state index < -0.39 is 11.4 Å². The number of nitrogens with zero attached hydrogens (tertiary/aromatic N) is 5. The molecule has 0 aliphatic carbocycles. The minimum atomic E-state index is -0.997. The van der Waals surface area contributed by atoms with E-state index in [1.807, 2.05) is 6.07 Å². The average molecular weight is 545 g/mol. The molecule has 2 aliphatic rings. The minimum Gasteiger partial charge on any atom is -0.507 e. The summed E-state index contributed by atoms with van der Waals surface area (Å²) < 4.78 is 11.9. The van der Waals surface area contributed by atoms with Crippen molar-refractivity contribution >= 4 is 29.6 Å². The van der Waals surface area contributed by atoms with Crippen LogP contribution in [-0.4, -0.2) is 56.5 Å². The molecule has 4 heterocycles. The maximum absolute atomic E-state index is 11.5. The number of carboxylic acids is 1. The summed E-state index contributed by atoms with van der Waals surface area (Å²) in [5.74, 6) is 2.30. The molecule has 0 amide bonds. The summed E-state index contributed by atoms with van der Waals surface area (Å²) in [6, 6.07) is 12.3. The Bertz CT molecular complexity index is 1420. The molecule has 1 unspecified atom stereocenters. The molecule has 0 saturated carbocycles. The normalized spacial score (nSPS) is 17.4. The van der Waals surface area contributed by atoms with Crippen molar-refractivity contribution in [3.05, 3.63) is 72.1 Å². The lowest BCUT2D eigenvalue weighted by Gasteiger charge is -2.33. The van der Waals surface area contributed by atoms with Crippen LogP contribution in [0.3, 0.4) is 0 Å². The molecule has 0 bridgehead atoms. The standard InChI is InChI=1S/C29H32N6O5/c1-29(2,28(37)38)19-10-12-20(13-11-19)39-26-9-3-8-23(34-26)32-24-16-30-17-25(33-24)35-15-5-6-21(18-35)40-27-22(36)7-4-14-31-27/h3,8-14,16-17,21,36H,4-7,15,18H2,1-2H3,(H,37,38)(H,32,33,34). The number of aliphatic hydroxyl groups excluding tert-OH is 1. The first-order valence-corrected chi connectivity index (χ1v) is 13.2. The number of benzene rings is 1. The van der Waals surface area contributed by atoms with Crippen molar-refractivity contribution in [1.29, 1.82) is 0 Å². The number of hydrogen-bond donors (Lipinski definition) is 3.